The third kappa shape index (κ3) is 3.29. The van der Waals surface area contributed by atoms with Gasteiger partial charge < -0.3 is 14.8 Å². The molecular formula is C26H24N6. The number of benzene rings is 2. The maximum absolute atomic E-state index is 4.67. The molecule has 1 aliphatic rings. The van der Waals surface area contributed by atoms with Crippen LogP contribution in [-0.2, 0) is 0 Å². The quantitative estimate of drug-likeness (QED) is 0.463. The van der Waals surface area contributed by atoms with E-state index in [0.29, 0.717) is 0 Å². The Morgan fingerprint density at radius 3 is 2.44 bits per heavy atom. The molecule has 1 aliphatic heterocycles. The van der Waals surface area contributed by atoms with Gasteiger partial charge in [-0.2, -0.15) is 0 Å². The third-order valence-electron chi connectivity index (χ3n) is 6.37. The van der Waals surface area contributed by atoms with Gasteiger partial charge in [-0.3, -0.25) is 0 Å². The minimum atomic E-state index is 0.892. The van der Waals surface area contributed by atoms with Gasteiger partial charge in [0.1, 0.15) is 17.8 Å². The van der Waals surface area contributed by atoms with Gasteiger partial charge in [-0.1, -0.05) is 36.4 Å². The van der Waals surface area contributed by atoms with Crippen LogP contribution < -0.4 is 4.90 Å². The number of hydrogen-bond acceptors (Lipinski definition) is 5. The van der Waals surface area contributed by atoms with Crippen LogP contribution in [0.3, 0.4) is 0 Å². The molecule has 1 N–H and O–H groups in total. The normalized spacial score (nSPS) is 15.0. The number of aromatic nitrogens is 4. The Labute approximate surface area is 186 Å². The summed E-state index contributed by atoms with van der Waals surface area (Å²) in [5.41, 5.74) is 6.42. The largest absolute Gasteiger partial charge is 0.353 e. The van der Waals surface area contributed by atoms with Crippen LogP contribution in [-0.4, -0.2) is 58.1 Å². The molecule has 6 rings (SSSR count). The molecule has 1 fully saturated rings. The summed E-state index contributed by atoms with van der Waals surface area (Å²) in [4.78, 5) is 21.9. The Morgan fingerprint density at radius 2 is 1.59 bits per heavy atom. The van der Waals surface area contributed by atoms with E-state index in [2.05, 4.69) is 85.3 Å². The van der Waals surface area contributed by atoms with E-state index < -0.39 is 0 Å². The SMILES string of the molecule is CN1CCN(c2ncnc3ccc(-c4c[nH]c5ncc(-c6ccccc6)cc45)cc23)CC1. The molecule has 0 amide bonds. The minimum absolute atomic E-state index is 0.892. The van der Waals surface area contributed by atoms with E-state index in [1.165, 1.54) is 5.56 Å². The van der Waals surface area contributed by atoms with E-state index in [1.807, 2.05) is 18.5 Å². The fraction of sp³-hybridized carbons (Fsp3) is 0.192. The minimum Gasteiger partial charge on any atom is -0.353 e. The van der Waals surface area contributed by atoms with Gasteiger partial charge in [0.15, 0.2) is 0 Å². The number of anilines is 1. The molecule has 0 bridgehead atoms. The molecule has 0 atom stereocenters. The summed E-state index contributed by atoms with van der Waals surface area (Å²) in [5.74, 6) is 1.02. The number of piperazine rings is 1. The summed E-state index contributed by atoms with van der Waals surface area (Å²) in [6, 6.07) is 19.1. The fourth-order valence-corrected chi connectivity index (χ4v) is 4.51. The number of H-pyrrole nitrogens is 1. The zero-order chi connectivity index (χ0) is 21.5. The molecule has 4 heterocycles. The maximum atomic E-state index is 4.67. The number of rotatable bonds is 3. The lowest BCUT2D eigenvalue weighted by atomic mass is 10.0. The number of pyridine rings is 1. The summed E-state index contributed by atoms with van der Waals surface area (Å²) in [6.45, 7) is 4.04. The standard InChI is InChI=1S/C26H24N6/c1-31-9-11-32(12-10-31)26-22-13-19(7-8-24(22)29-17-30-26)23-16-28-25-21(23)14-20(15-27-25)18-5-3-2-4-6-18/h2-8,13-17H,9-12H2,1H3,(H,27,28). The van der Waals surface area contributed by atoms with E-state index >= 15 is 0 Å². The first-order chi connectivity index (χ1) is 15.8. The molecule has 0 radical (unpaired) electrons. The number of hydrogen-bond donors (Lipinski definition) is 1. The Kier molecular flexibility index (Phi) is 4.58. The average molecular weight is 421 g/mol. The van der Waals surface area contributed by atoms with Crippen LogP contribution >= 0.6 is 0 Å². The summed E-state index contributed by atoms with van der Waals surface area (Å²) < 4.78 is 0. The maximum Gasteiger partial charge on any atom is 0.139 e. The van der Waals surface area contributed by atoms with Crippen molar-refractivity contribution >= 4 is 27.8 Å². The summed E-state index contributed by atoms with van der Waals surface area (Å²) in [7, 11) is 2.17. The van der Waals surface area contributed by atoms with E-state index in [9.17, 15) is 0 Å². The molecule has 0 aliphatic carbocycles. The van der Waals surface area contributed by atoms with Crippen LogP contribution in [0.2, 0.25) is 0 Å². The van der Waals surface area contributed by atoms with Crippen LogP contribution in [0.1, 0.15) is 0 Å². The molecule has 6 heteroatoms. The fourth-order valence-electron chi connectivity index (χ4n) is 4.51. The van der Waals surface area contributed by atoms with Crippen molar-refractivity contribution < 1.29 is 0 Å². The number of aromatic amines is 1. The third-order valence-corrected chi connectivity index (χ3v) is 6.37. The van der Waals surface area contributed by atoms with Crippen molar-refractivity contribution in [2.75, 3.05) is 38.1 Å². The van der Waals surface area contributed by atoms with E-state index in [-0.39, 0.29) is 0 Å². The van der Waals surface area contributed by atoms with E-state index in [0.717, 1.165) is 70.6 Å². The number of nitrogens with zero attached hydrogens (tertiary/aromatic N) is 5. The second-order valence-electron chi connectivity index (χ2n) is 8.41. The van der Waals surface area contributed by atoms with Gasteiger partial charge in [0.05, 0.1) is 5.52 Å². The van der Waals surface area contributed by atoms with Gasteiger partial charge in [0.25, 0.3) is 0 Å². The highest BCUT2D eigenvalue weighted by molar-refractivity contribution is 5.99. The van der Waals surface area contributed by atoms with Gasteiger partial charge in [-0.15, -0.1) is 0 Å². The van der Waals surface area contributed by atoms with Gasteiger partial charge in [0, 0.05) is 60.5 Å². The molecule has 1 saturated heterocycles. The van der Waals surface area contributed by atoms with Crippen molar-refractivity contribution in [2.45, 2.75) is 0 Å². The van der Waals surface area contributed by atoms with Gasteiger partial charge in [-0.25, -0.2) is 15.0 Å². The smallest absolute Gasteiger partial charge is 0.139 e. The van der Waals surface area contributed by atoms with Crippen LogP contribution in [0.5, 0.6) is 0 Å². The van der Waals surface area contributed by atoms with Gasteiger partial charge in [-0.05, 0) is 36.4 Å². The van der Waals surface area contributed by atoms with Crippen molar-refractivity contribution in [3.8, 4) is 22.3 Å². The topological polar surface area (TPSA) is 60.9 Å². The monoisotopic (exact) mass is 420 g/mol. The Bertz CT molecular complexity index is 1400. The van der Waals surface area contributed by atoms with Crippen LogP contribution in [0.4, 0.5) is 5.82 Å². The first-order valence-electron chi connectivity index (χ1n) is 11.0. The molecule has 6 nitrogen and oxygen atoms in total. The van der Waals surface area contributed by atoms with Crippen molar-refractivity contribution in [1.29, 1.82) is 0 Å². The van der Waals surface area contributed by atoms with Gasteiger partial charge in [0.2, 0.25) is 0 Å². The summed E-state index contributed by atoms with van der Waals surface area (Å²) >= 11 is 0. The van der Waals surface area contributed by atoms with Crippen molar-refractivity contribution in [3.05, 3.63) is 73.3 Å². The lowest BCUT2D eigenvalue weighted by Crippen LogP contribution is -2.44. The first kappa shape index (κ1) is 19.0. The lowest BCUT2D eigenvalue weighted by Gasteiger charge is -2.33. The molecule has 158 valence electrons. The second-order valence-corrected chi connectivity index (χ2v) is 8.41. The highest BCUT2D eigenvalue weighted by Crippen LogP contribution is 2.34. The molecule has 2 aromatic carbocycles. The van der Waals surface area contributed by atoms with Crippen molar-refractivity contribution in [2.24, 2.45) is 0 Å². The average Bonchev–Trinajstić information content (AvgIpc) is 3.28. The number of likely N-dealkylation sites (N-methyl/N-ethyl adjacent to an activating group) is 1. The second kappa shape index (κ2) is 7.73. The van der Waals surface area contributed by atoms with Crippen molar-refractivity contribution in [1.82, 2.24) is 24.8 Å². The Balaban J connectivity index is 1.46. The van der Waals surface area contributed by atoms with Crippen LogP contribution in [0, 0.1) is 0 Å². The zero-order valence-electron chi connectivity index (χ0n) is 18.0. The molecule has 5 aromatic rings. The van der Waals surface area contributed by atoms with Crippen LogP contribution in [0.15, 0.2) is 73.3 Å². The Hall–Kier alpha value is -3.77. The predicted octanol–water partition coefficient (Wildman–Crippen LogP) is 4.59. The van der Waals surface area contributed by atoms with Gasteiger partial charge >= 0.3 is 0 Å². The lowest BCUT2D eigenvalue weighted by molar-refractivity contribution is 0.312. The highest BCUT2D eigenvalue weighted by Gasteiger charge is 2.18. The number of nitrogens with one attached hydrogen (secondary N) is 1. The first-order valence-corrected chi connectivity index (χ1v) is 11.0. The molecular weight excluding hydrogens is 396 g/mol. The van der Waals surface area contributed by atoms with E-state index in [4.69, 9.17) is 0 Å². The van der Waals surface area contributed by atoms with Crippen molar-refractivity contribution in [3.63, 3.8) is 0 Å². The Morgan fingerprint density at radius 1 is 0.781 bits per heavy atom. The zero-order valence-corrected chi connectivity index (χ0v) is 18.0. The summed E-state index contributed by atoms with van der Waals surface area (Å²) in [5, 5.41) is 2.21. The number of fused-ring (bicyclic) bond motifs is 2. The highest BCUT2D eigenvalue weighted by atomic mass is 15.3. The predicted molar refractivity (Wildman–Crippen MR) is 130 cm³/mol. The van der Waals surface area contributed by atoms with E-state index in [1.54, 1.807) is 6.33 Å². The molecule has 0 spiro atoms. The summed E-state index contributed by atoms with van der Waals surface area (Å²) in [6.07, 6.45) is 5.65. The molecule has 0 saturated carbocycles. The van der Waals surface area contributed by atoms with Crippen LogP contribution in [0.25, 0.3) is 44.2 Å². The molecule has 3 aromatic heterocycles. The molecule has 32 heavy (non-hydrogen) atoms. The molecule has 0 unspecified atom stereocenters.